The van der Waals surface area contributed by atoms with E-state index in [0.29, 0.717) is 23.8 Å². The molecule has 94 valence electrons. The Morgan fingerprint density at radius 1 is 1.56 bits per heavy atom. The zero-order valence-corrected chi connectivity index (χ0v) is 10.1. The van der Waals surface area contributed by atoms with E-state index in [-0.39, 0.29) is 5.97 Å². The molecule has 18 heavy (non-hydrogen) atoms. The Hall–Kier alpha value is -2.11. The van der Waals surface area contributed by atoms with Gasteiger partial charge in [-0.25, -0.2) is 4.79 Å². The van der Waals surface area contributed by atoms with Crippen LogP contribution in [0.1, 0.15) is 23.2 Å². The molecule has 0 amide bonds. The summed E-state index contributed by atoms with van der Waals surface area (Å²) in [5.74, 6) is 0.234. The molecule has 1 N–H and O–H groups in total. The number of hydrogen-bond acceptors (Lipinski definition) is 4. The third-order valence-electron chi connectivity index (χ3n) is 3.00. The van der Waals surface area contributed by atoms with Crippen molar-refractivity contribution in [3.05, 3.63) is 24.2 Å². The summed E-state index contributed by atoms with van der Waals surface area (Å²) in [6.45, 7) is 0.510. The lowest BCUT2D eigenvalue weighted by atomic mass is 10.1. The maximum Gasteiger partial charge on any atom is 0.341 e. The minimum absolute atomic E-state index is 0.325. The summed E-state index contributed by atoms with van der Waals surface area (Å²) in [7, 11) is 1.82. The van der Waals surface area contributed by atoms with Crippen LogP contribution in [0.2, 0.25) is 0 Å². The van der Waals surface area contributed by atoms with Gasteiger partial charge in [0, 0.05) is 18.8 Å². The number of hydrogen-bond donors (Lipinski definition) is 1. The Balaban J connectivity index is 1.79. The smallest absolute Gasteiger partial charge is 0.341 e. The van der Waals surface area contributed by atoms with Gasteiger partial charge in [-0.05, 0) is 18.8 Å². The molecule has 3 rings (SSSR count). The zero-order valence-electron chi connectivity index (χ0n) is 10.1. The standard InChI is InChI=1S/C12H14N4O2/c1-16-6-9(4-14-16)11-10(5-13-15-11)12(17)18-7-8-2-3-8/h4-6,8H,2-3,7H2,1H3,(H,13,15). The lowest BCUT2D eigenvalue weighted by Gasteiger charge is -2.02. The SMILES string of the molecule is Cn1cc(-c2[nH]ncc2C(=O)OCC2CC2)cn1. The highest BCUT2D eigenvalue weighted by Gasteiger charge is 2.25. The second-order valence-corrected chi connectivity index (χ2v) is 4.60. The highest BCUT2D eigenvalue weighted by molar-refractivity contribution is 5.95. The minimum atomic E-state index is -0.325. The lowest BCUT2D eigenvalue weighted by molar-refractivity contribution is 0.0487. The van der Waals surface area contributed by atoms with Gasteiger partial charge in [0.25, 0.3) is 0 Å². The number of esters is 1. The molecular weight excluding hydrogens is 232 g/mol. The quantitative estimate of drug-likeness (QED) is 0.827. The molecule has 1 saturated carbocycles. The van der Waals surface area contributed by atoms with E-state index in [1.54, 1.807) is 10.9 Å². The van der Waals surface area contributed by atoms with Gasteiger partial charge < -0.3 is 4.74 Å². The zero-order chi connectivity index (χ0) is 12.5. The first-order chi connectivity index (χ1) is 8.74. The van der Waals surface area contributed by atoms with Crippen LogP contribution < -0.4 is 0 Å². The summed E-state index contributed by atoms with van der Waals surface area (Å²) < 4.78 is 6.93. The number of nitrogens with zero attached hydrogens (tertiary/aromatic N) is 3. The van der Waals surface area contributed by atoms with Crippen molar-refractivity contribution >= 4 is 5.97 Å². The summed E-state index contributed by atoms with van der Waals surface area (Å²) >= 11 is 0. The molecule has 0 atom stereocenters. The monoisotopic (exact) mass is 246 g/mol. The van der Waals surface area contributed by atoms with Crippen LogP contribution in [0.15, 0.2) is 18.6 Å². The van der Waals surface area contributed by atoms with Gasteiger partial charge in [-0.1, -0.05) is 0 Å². The number of carbonyl (C=O) groups is 1. The Labute approximate surface area is 104 Å². The van der Waals surface area contributed by atoms with Gasteiger partial charge in [-0.15, -0.1) is 0 Å². The van der Waals surface area contributed by atoms with Crippen molar-refractivity contribution in [1.82, 2.24) is 20.0 Å². The highest BCUT2D eigenvalue weighted by Crippen LogP contribution is 2.29. The minimum Gasteiger partial charge on any atom is -0.462 e. The van der Waals surface area contributed by atoms with E-state index in [1.165, 1.54) is 6.20 Å². The highest BCUT2D eigenvalue weighted by atomic mass is 16.5. The first-order valence-corrected chi connectivity index (χ1v) is 5.93. The Morgan fingerprint density at radius 2 is 2.39 bits per heavy atom. The van der Waals surface area contributed by atoms with Crippen molar-refractivity contribution in [3.8, 4) is 11.3 Å². The molecule has 0 saturated heterocycles. The number of aromatic nitrogens is 4. The molecular formula is C12H14N4O2. The van der Waals surface area contributed by atoms with Crippen LogP contribution in [0.3, 0.4) is 0 Å². The lowest BCUT2D eigenvalue weighted by Crippen LogP contribution is -2.07. The number of rotatable bonds is 4. The van der Waals surface area contributed by atoms with E-state index in [0.717, 1.165) is 18.4 Å². The van der Waals surface area contributed by atoms with Crippen molar-refractivity contribution < 1.29 is 9.53 Å². The Kier molecular flexibility index (Phi) is 2.62. The normalized spacial score (nSPS) is 14.7. The number of carbonyl (C=O) groups excluding carboxylic acids is 1. The third kappa shape index (κ3) is 2.13. The number of H-pyrrole nitrogens is 1. The fraction of sp³-hybridized carbons (Fsp3) is 0.417. The molecule has 1 fully saturated rings. The maximum absolute atomic E-state index is 11.9. The predicted octanol–water partition coefficient (Wildman–Crippen LogP) is 1.38. The van der Waals surface area contributed by atoms with Crippen LogP contribution in [0.4, 0.5) is 0 Å². The molecule has 2 heterocycles. The second-order valence-electron chi connectivity index (χ2n) is 4.60. The molecule has 0 bridgehead atoms. The number of aromatic amines is 1. The van der Waals surface area contributed by atoms with Gasteiger partial charge >= 0.3 is 5.97 Å². The van der Waals surface area contributed by atoms with Crippen LogP contribution in [0, 0.1) is 5.92 Å². The molecule has 0 unspecified atom stereocenters. The van der Waals surface area contributed by atoms with Crippen molar-refractivity contribution in [2.24, 2.45) is 13.0 Å². The summed E-state index contributed by atoms with van der Waals surface area (Å²) in [4.78, 5) is 11.9. The van der Waals surface area contributed by atoms with Gasteiger partial charge in [0.2, 0.25) is 0 Å². The van der Waals surface area contributed by atoms with Crippen LogP contribution >= 0.6 is 0 Å². The van der Waals surface area contributed by atoms with Gasteiger partial charge in [-0.2, -0.15) is 10.2 Å². The van der Waals surface area contributed by atoms with Crippen molar-refractivity contribution in [2.45, 2.75) is 12.8 Å². The Bertz CT molecular complexity index is 568. The second kappa shape index (κ2) is 4.29. The van der Waals surface area contributed by atoms with Gasteiger partial charge in [0.15, 0.2) is 0 Å². The molecule has 2 aromatic rings. The number of nitrogens with one attached hydrogen (secondary N) is 1. The molecule has 0 spiro atoms. The molecule has 1 aliphatic rings. The van der Waals surface area contributed by atoms with Crippen molar-refractivity contribution in [3.63, 3.8) is 0 Å². The molecule has 2 aromatic heterocycles. The fourth-order valence-electron chi connectivity index (χ4n) is 1.77. The number of aryl methyl sites for hydroxylation is 1. The van der Waals surface area contributed by atoms with Crippen LogP contribution in [-0.4, -0.2) is 32.6 Å². The molecule has 0 aliphatic heterocycles. The maximum atomic E-state index is 11.9. The average Bonchev–Trinajstić information content (AvgIpc) is 2.87. The van der Waals surface area contributed by atoms with E-state index in [1.807, 2.05) is 13.2 Å². The molecule has 0 radical (unpaired) electrons. The summed E-state index contributed by atoms with van der Waals surface area (Å²) in [5, 5.41) is 10.8. The first-order valence-electron chi connectivity index (χ1n) is 5.93. The largest absolute Gasteiger partial charge is 0.462 e. The molecule has 1 aliphatic carbocycles. The molecule has 6 nitrogen and oxygen atoms in total. The van der Waals surface area contributed by atoms with E-state index < -0.39 is 0 Å². The number of ether oxygens (including phenoxy) is 1. The molecule has 0 aromatic carbocycles. The van der Waals surface area contributed by atoms with E-state index in [2.05, 4.69) is 15.3 Å². The van der Waals surface area contributed by atoms with Crippen molar-refractivity contribution in [2.75, 3.05) is 6.61 Å². The summed E-state index contributed by atoms with van der Waals surface area (Å²) in [6.07, 6.45) is 7.33. The van der Waals surface area contributed by atoms with Gasteiger partial charge in [-0.3, -0.25) is 9.78 Å². The van der Waals surface area contributed by atoms with E-state index in [4.69, 9.17) is 4.74 Å². The van der Waals surface area contributed by atoms with Crippen LogP contribution in [-0.2, 0) is 11.8 Å². The topological polar surface area (TPSA) is 72.8 Å². The van der Waals surface area contributed by atoms with Crippen LogP contribution in [0.5, 0.6) is 0 Å². The summed E-state index contributed by atoms with van der Waals surface area (Å²) in [5.41, 5.74) is 1.95. The van der Waals surface area contributed by atoms with Crippen LogP contribution in [0.25, 0.3) is 11.3 Å². The van der Waals surface area contributed by atoms with Crippen molar-refractivity contribution in [1.29, 1.82) is 0 Å². The van der Waals surface area contributed by atoms with Gasteiger partial charge in [0.1, 0.15) is 5.56 Å². The fourth-order valence-corrected chi connectivity index (χ4v) is 1.77. The van der Waals surface area contributed by atoms with E-state index in [9.17, 15) is 4.79 Å². The summed E-state index contributed by atoms with van der Waals surface area (Å²) in [6, 6.07) is 0. The molecule has 6 heteroatoms. The third-order valence-corrected chi connectivity index (χ3v) is 3.00. The first kappa shape index (κ1) is 11.0. The average molecular weight is 246 g/mol. The van der Waals surface area contributed by atoms with Gasteiger partial charge in [0.05, 0.1) is 24.7 Å². The Morgan fingerprint density at radius 3 is 3.06 bits per heavy atom. The predicted molar refractivity (Wildman–Crippen MR) is 63.8 cm³/mol. The van der Waals surface area contributed by atoms with E-state index >= 15 is 0 Å².